The van der Waals surface area contributed by atoms with Crippen molar-refractivity contribution in [1.29, 1.82) is 0 Å². The van der Waals surface area contributed by atoms with Crippen molar-refractivity contribution in [3.8, 4) is 5.75 Å². The zero-order valence-electron chi connectivity index (χ0n) is 15.1. The topological polar surface area (TPSA) is 72.6 Å². The highest BCUT2D eigenvalue weighted by molar-refractivity contribution is 5.92. The fourth-order valence-electron chi connectivity index (χ4n) is 2.93. The highest BCUT2D eigenvalue weighted by Crippen LogP contribution is 2.23. The number of hydrogen-bond donors (Lipinski definition) is 1. The minimum atomic E-state index is -0.261. The van der Waals surface area contributed by atoms with E-state index in [0.717, 1.165) is 30.6 Å². The minimum absolute atomic E-state index is 0.00383. The first-order chi connectivity index (χ1) is 12.0. The largest absolute Gasteiger partial charge is 0.490 e. The molecule has 0 unspecified atom stereocenters. The molecular weight excluding hydrogens is 316 g/mol. The number of carbonyl (C=O) groups is 2. The van der Waals surface area contributed by atoms with Crippen LogP contribution in [0.15, 0.2) is 30.3 Å². The van der Waals surface area contributed by atoms with Gasteiger partial charge in [-0.1, -0.05) is 25.1 Å². The summed E-state index contributed by atoms with van der Waals surface area (Å²) in [5, 5.41) is 0. The Bertz CT molecular complexity index is 619. The third-order valence-corrected chi connectivity index (χ3v) is 4.64. The molecule has 0 spiro atoms. The number of likely N-dealkylation sites (tertiary alicyclic amines) is 1. The molecule has 1 aromatic rings. The maximum atomic E-state index is 12.4. The van der Waals surface area contributed by atoms with Crippen LogP contribution in [0.3, 0.4) is 0 Å². The van der Waals surface area contributed by atoms with E-state index in [1.165, 1.54) is 0 Å². The lowest BCUT2D eigenvalue weighted by Crippen LogP contribution is -2.38. The van der Waals surface area contributed by atoms with Crippen LogP contribution in [0.25, 0.3) is 6.08 Å². The Labute approximate surface area is 149 Å². The van der Waals surface area contributed by atoms with Gasteiger partial charge in [0.15, 0.2) is 0 Å². The van der Waals surface area contributed by atoms with Gasteiger partial charge in [0, 0.05) is 31.1 Å². The predicted octanol–water partition coefficient (Wildman–Crippen LogP) is 2.99. The number of hydrogen-bond acceptors (Lipinski definition) is 3. The van der Waals surface area contributed by atoms with Gasteiger partial charge in [-0.05, 0) is 44.2 Å². The smallest absolute Gasteiger partial charge is 0.246 e. The molecule has 0 aliphatic carbocycles. The number of nitrogens with zero attached hydrogens (tertiary/aromatic N) is 1. The first-order valence-corrected chi connectivity index (χ1v) is 9.00. The Kier molecular flexibility index (Phi) is 7.04. The summed E-state index contributed by atoms with van der Waals surface area (Å²) >= 11 is 0. The molecule has 1 fully saturated rings. The second-order valence-corrected chi connectivity index (χ2v) is 6.65. The normalized spacial score (nSPS) is 16.8. The first-order valence-electron chi connectivity index (χ1n) is 9.00. The first kappa shape index (κ1) is 19.0. The van der Waals surface area contributed by atoms with Crippen LogP contribution in [0.2, 0.25) is 0 Å². The Hall–Kier alpha value is -2.30. The quantitative estimate of drug-likeness (QED) is 0.773. The van der Waals surface area contributed by atoms with Gasteiger partial charge in [0.2, 0.25) is 11.8 Å². The molecule has 2 N–H and O–H groups in total. The van der Waals surface area contributed by atoms with Gasteiger partial charge >= 0.3 is 0 Å². The Morgan fingerprint density at radius 1 is 1.32 bits per heavy atom. The van der Waals surface area contributed by atoms with E-state index in [2.05, 4.69) is 6.92 Å². The fraction of sp³-hybridized carbons (Fsp3) is 0.500. The molecule has 2 amide bonds. The summed E-state index contributed by atoms with van der Waals surface area (Å²) < 4.78 is 5.90. The summed E-state index contributed by atoms with van der Waals surface area (Å²) in [5.41, 5.74) is 6.15. The van der Waals surface area contributed by atoms with E-state index >= 15 is 0 Å². The van der Waals surface area contributed by atoms with Crippen LogP contribution in [0.1, 0.15) is 45.1 Å². The number of nitrogens with two attached hydrogens (primary N) is 1. The third-order valence-electron chi connectivity index (χ3n) is 4.64. The SMILES string of the molecule is CC[C@H](C)Oc1ccccc1/C=C\C(=O)N1CCC(CC(N)=O)CC1. The van der Waals surface area contributed by atoms with Crippen LogP contribution >= 0.6 is 0 Å². The molecule has 5 nitrogen and oxygen atoms in total. The molecule has 136 valence electrons. The number of benzene rings is 1. The van der Waals surface area contributed by atoms with Gasteiger partial charge in [0.1, 0.15) is 5.75 Å². The molecule has 2 rings (SSSR count). The fourth-order valence-corrected chi connectivity index (χ4v) is 2.93. The average molecular weight is 344 g/mol. The predicted molar refractivity (Wildman–Crippen MR) is 99.0 cm³/mol. The molecule has 0 aromatic heterocycles. The highest BCUT2D eigenvalue weighted by atomic mass is 16.5. The summed E-state index contributed by atoms with van der Waals surface area (Å²) in [4.78, 5) is 25.2. The van der Waals surface area contributed by atoms with E-state index in [1.807, 2.05) is 42.2 Å². The molecule has 1 heterocycles. The summed E-state index contributed by atoms with van der Waals surface area (Å²) in [6, 6.07) is 7.73. The highest BCUT2D eigenvalue weighted by Gasteiger charge is 2.22. The summed E-state index contributed by atoms with van der Waals surface area (Å²) in [5.74, 6) is 0.828. The monoisotopic (exact) mass is 344 g/mol. The Morgan fingerprint density at radius 2 is 2.00 bits per heavy atom. The van der Waals surface area contributed by atoms with Crippen molar-refractivity contribution in [2.24, 2.45) is 11.7 Å². The van der Waals surface area contributed by atoms with Crippen molar-refractivity contribution >= 4 is 17.9 Å². The molecule has 25 heavy (non-hydrogen) atoms. The number of rotatable bonds is 7. The standard InChI is InChI=1S/C20H28N2O3/c1-3-15(2)25-18-7-5-4-6-17(18)8-9-20(24)22-12-10-16(11-13-22)14-19(21)23/h4-9,15-16H,3,10-14H2,1-2H3,(H2,21,23)/b9-8-/t15-/m0/s1. The number of carbonyl (C=O) groups excluding carboxylic acids is 2. The lowest BCUT2D eigenvalue weighted by atomic mass is 9.93. The zero-order chi connectivity index (χ0) is 18.2. The number of amides is 2. The van der Waals surface area contributed by atoms with Crippen LogP contribution in [0.5, 0.6) is 5.75 Å². The molecular formula is C20H28N2O3. The van der Waals surface area contributed by atoms with Gasteiger partial charge in [0.05, 0.1) is 6.10 Å². The lowest BCUT2D eigenvalue weighted by Gasteiger charge is -2.30. The minimum Gasteiger partial charge on any atom is -0.490 e. The van der Waals surface area contributed by atoms with E-state index in [1.54, 1.807) is 6.08 Å². The summed E-state index contributed by atoms with van der Waals surface area (Å²) in [7, 11) is 0. The van der Waals surface area contributed by atoms with Crippen molar-refractivity contribution in [2.75, 3.05) is 13.1 Å². The van der Waals surface area contributed by atoms with Gasteiger partial charge < -0.3 is 15.4 Å². The van der Waals surface area contributed by atoms with E-state index in [9.17, 15) is 9.59 Å². The van der Waals surface area contributed by atoms with Gasteiger partial charge in [-0.25, -0.2) is 0 Å². The molecule has 0 saturated carbocycles. The van der Waals surface area contributed by atoms with Crippen molar-refractivity contribution in [2.45, 2.75) is 45.6 Å². The van der Waals surface area contributed by atoms with Crippen LogP contribution in [0, 0.1) is 5.92 Å². The van der Waals surface area contributed by atoms with Gasteiger partial charge in [-0.3, -0.25) is 9.59 Å². The average Bonchev–Trinajstić information content (AvgIpc) is 2.60. The van der Waals surface area contributed by atoms with Crippen LogP contribution < -0.4 is 10.5 Å². The molecule has 1 aromatic carbocycles. The van der Waals surface area contributed by atoms with Gasteiger partial charge in [0.25, 0.3) is 0 Å². The van der Waals surface area contributed by atoms with Gasteiger partial charge in [-0.15, -0.1) is 0 Å². The number of primary amides is 1. The third kappa shape index (κ3) is 5.93. The van der Waals surface area contributed by atoms with E-state index < -0.39 is 0 Å². The molecule has 5 heteroatoms. The Balaban J connectivity index is 1.94. The van der Waals surface area contributed by atoms with E-state index in [0.29, 0.717) is 25.4 Å². The Morgan fingerprint density at radius 3 is 2.64 bits per heavy atom. The number of piperidine rings is 1. The van der Waals surface area contributed by atoms with Crippen LogP contribution in [0.4, 0.5) is 0 Å². The molecule has 0 radical (unpaired) electrons. The molecule has 1 aliphatic heterocycles. The van der Waals surface area contributed by atoms with Crippen molar-refractivity contribution in [3.63, 3.8) is 0 Å². The molecule has 1 atom stereocenters. The van der Waals surface area contributed by atoms with Gasteiger partial charge in [-0.2, -0.15) is 0 Å². The maximum Gasteiger partial charge on any atom is 0.246 e. The van der Waals surface area contributed by atoms with E-state index in [-0.39, 0.29) is 17.9 Å². The van der Waals surface area contributed by atoms with E-state index in [4.69, 9.17) is 10.5 Å². The lowest BCUT2D eigenvalue weighted by molar-refractivity contribution is -0.127. The molecule has 1 saturated heterocycles. The van der Waals surface area contributed by atoms with Crippen molar-refractivity contribution in [3.05, 3.63) is 35.9 Å². The second kappa shape index (κ2) is 9.25. The molecule has 1 aliphatic rings. The van der Waals surface area contributed by atoms with Crippen molar-refractivity contribution < 1.29 is 14.3 Å². The van der Waals surface area contributed by atoms with Crippen LogP contribution in [-0.4, -0.2) is 35.9 Å². The van der Waals surface area contributed by atoms with Crippen molar-refractivity contribution in [1.82, 2.24) is 4.90 Å². The summed E-state index contributed by atoms with van der Waals surface area (Å²) in [6.07, 6.45) is 6.56. The van der Waals surface area contributed by atoms with Crippen LogP contribution in [-0.2, 0) is 9.59 Å². The zero-order valence-corrected chi connectivity index (χ0v) is 15.1. The molecule has 0 bridgehead atoms. The second-order valence-electron chi connectivity index (χ2n) is 6.65. The summed E-state index contributed by atoms with van der Waals surface area (Å²) in [6.45, 7) is 5.45. The number of para-hydroxylation sites is 1. The maximum absolute atomic E-state index is 12.4. The number of ether oxygens (including phenoxy) is 1.